The lowest BCUT2D eigenvalue weighted by Gasteiger charge is -2.29. The Morgan fingerprint density at radius 1 is 1.05 bits per heavy atom. The average Bonchev–Trinajstić information content (AvgIpc) is 3.58. The van der Waals surface area contributed by atoms with Crippen LogP contribution in [0, 0.1) is 12.8 Å². The van der Waals surface area contributed by atoms with Gasteiger partial charge in [-0.25, -0.2) is 9.78 Å². The van der Waals surface area contributed by atoms with E-state index < -0.39 is 0 Å². The SMILES string of the molecule is Cc1ncc(Cl)cc1C(=O)NC1CCC(Cn2c(=O)n(-c3ccc(-c4cnco4)nc3)c3ccccc32)CC1. The van der Waals surface area contributed by atoms with E-state index in [2.05, 4.69) is 20.3 Å². The largest absolute Gasteiger partial charge is 0.442 e. The summed E-state index contributed by atoms with van der Waals surface area (Å²) in [7, 11) is 0. The maximum absolute atomic E-state index is 13.7. The number of oxazole rings is 1. The summed E-state index contributed by atoms with van der Waals surface area (Å²) in [5.74, 6) is 0.757. The van der Waals surface area contributed by atoms with Gasteiger partial charge in [0.2, 0.25) is 0 Å². The Morgan fingerprint density at radius 2 is 1.85 bits per heavy atom. The first kappa shape index (κ1) is 25.1. The number of halogens is 1. The second kappa shape index (κ2) is 10.5. The van der Waals surface area contributed by atoms with Crippen molar-refractivity contribution in [2.75, 3.05) is 0 Å². The van der Waals surface area contributed by atoms with Gasteiger partial charge in [-0.05, 0) is 68.9 Å². The number of benzene rings is 1. The van der Waals surface area contributed by atoms with Gasteiger partial charge in [-0.1, -0.05) is 23.7 Å². The number of rotatable bonds is 6. The predicted molar refractivity (Wildman–Crippen MR) is 148 cm³/mol. The van der Waals surface area contributed by atoms with E-state index in [1.54, 1.807) is 36.1 Å². The fourth-order valence-corrected chi connectivity index (χ4v) is 5.55. The number of aromatic nitrogens is 5. The normalized spacial score (nSPS) is 17.4. The zero-order chi connectivity index (χ0) is 26.9. The highest BCUT2D eigenvalue weighted by Gasteiger charge is 2.26. The van der Waals surface area contributed by atoms with Crippen LogP contribution < -0.4 is 11.0 Å². The van der Waals surface area contributed by atoms with E-state index in [1.165, 1.54) is 6.39 Å². The molecular formula is C29H27ClN6O3. The highest BCUT2D eigenvalue weighted by Crippen LogP contribution is 2.28. The van der Waals surface area contributed by atoms with Crippen molar-refractivity contribution in [3.8, 4) is 17.1 Å². The molecule has 0 bridgehead atoms. The van der Waals surface area contributed by atoms with Crippen LogP contribution in [0.3, 0.4) is 0 Å². The topological polar surface area (TPSA) is 108 Å². The zero-order valence-corrected chi connectivity index (χ0v) is 22.1. The molecule has 198 valence electrons. The summed E-state index contributed by atoms with van der Waals surface area (Å²) < 4.78 is 8.90. The van der Waals surface area contributed by atoms with Crippen LogP contribution in [0.25, 0.3) is 28.2 Å². The number of imidazole rings is 1. The number of carbonyl (C=O) groups is 1. The molecule has 0 spiro atoms. The van der Waals surface area contributed by atoms with Crippen molar-refractivity contribution in [3.63, 3.8) is 0 Å². The molecule has 4 aromatic heterocycles. The molecule has 0 atom stereocenters. The van der Waals surface area contributed by atoms with Gasteiger partial charge in [0.25, 0.3) is 5.91 Å². The number of hydrogen-bond donors (Lipinski definition) is 1. The second-order valence-corrected chi connectivity index (χ2v) is 10.4. The monoisotopic (exact) mass is 542 g/mol. The molecule has 1 aliphatic rings. The molecule has 1 amide bonds. The van der Waals surface area contributed by atoms with Crippen molar-refractivity contribution < 1.29 is 9.21 Å². The van der Waals surface area contributed by atoms with Crippen LogP contribution in [-0.2, 0) is 6.54 Å². The van der Waals surface area contributed by atoms with Crippen molar-refractivity contribution in [3.05, 3.63) is 94.2 Å². The summed E-state index contributed by atoms with van der Waals surface area (Å²) in [6.07, 6.45) is 9.73. The van der Waals surface area contributed by atoms with Gasteiger partial charge in [0.1, 0.15) is 5.69 Å². The molecule has 39 heavy (non-hydrogen) atoms. The third-order valence-electron chi connectivity index (χ3n) is 7.45. The summed E-state index contributed by atoms with van der Waals surface area (Å²) >= 11 is 6.04. The summed E-state index contributed by atoms with van der Waals surface area (Å²) in [5.41, 5.74) is 4.14. The molecule has 1 aliphatic carbocycles. The van der Waals surface area contributed by atoms with Crippen molar-refractivity contribution in [2.24, 2.45) is 5.92 Å². The Labute approximate surface area is 229 Å². The van der Waals surface area contributed by atoms with Gasteiger partial charge in [-0.15, -0.1) is 0 Å². The summed E-state index contributed by atoms with van der Waals surface area (Å²) in [6.45, 7) is 2.42. The average molecular weight is 543 g/mol. The molecule has 0 radical (unpaired) electrons. The molecule has 10 heteroatoms. The van der Waals surface area contributed by atoms with Crippen LogP contribution in [0.15, 0.2) is 76.7 Å². The van der Waals surface area contributed by atoms with E-state index in [0.29, 0.717) is 45.9 Å². The Balaban J connectivity index is 1.18. The Kier molecular flexibility index (Phi) is 6.74. The molecule has 0 saturated heterocycles. The third kappa shape index (κ3) is 4.97. The third-order valence-corrected chi connectivity index (χ3v) is 7.65. The summed E-state index contributed by atoms with van der Waals surface area (Å²) in [4.78, 5) is 39.1. The number of fused-ring (bicyclic) bond motifs is 1. The number of nitrogens with zero attached hydrogens (tertiary/aromatic N) is 5. The Hall–Kier alpha value is -4.24. The number of nitrogens with one attached hydrogen (secondary N) is 1. The fraction of sp³-hybridized carbons (Fsp3) is 0.276. The van der Waals surface area contributed by atoms with Crippen LogP contribution in [-0.4, -0.2) is 36.0 Å². The molecule has 0 aliphatic heterocycles. The van der Waals surface area contributed by atoms with E-state index in [1.807, 2.05) is 41.0 Å². The van der Waals surface area contributed by atoms with Crippen LogP contribution in [0.1, 0.15) is 41.7 Å². The first-order chi connectivity index (χ1) is 19.0. The quantitative estimate of drug-likeness (QED) is 0.316. The van der Waals surface area contributed by atoms with E-state index in [9.17, 15) is 9.59 Å². The predicted octanol–water partition coefficient (Wildman–Crippen LogP) is 5.19. The van der Waals surface area contributed by atoms with Crippen molar-refractivity contribution in [2.45, 2.75) is 45.2 Å². The van der Waals surface area contributed by atoms with Crippen LogP contribution in [0.5, 0.6) is 0 Å². The maximum Gasteiger partial charge on any atom is 0.333 e. The van der Waals surface area contributed by atoms with E-state index in [4.69, 9.17) is 16.0 Å². The summed E-state index contributed by atoms with van der Waals surface area (Å²) in [6, 6.07) is 13.3. The minimum atomic E-state index is -0.145. The molecule has 1 aromatic carbocycles. The molecule has 6 rings (SSSR count). The Morgan fingerprint density at radius 3 is 2.56 bits per heavy atom. The van der Waals surface area contributed by atoms with Gasteiger partial charge < -0.3 is 9.73 Å². The first-order valence-corrected chi connectivity index (χ1v) is 13.3. The van der Waals surface area contributed by atoms with Crippen LogP contribution in [0.4, 0.5) is 0 Å². The van der Waals surface area contributed by atoms with Gasteiger partial charge in [0.15, 0.2) is 12.2 Å². The molecule has 4 heterocycles. The molecule has 1 fully saturated rings. The smallest absolute Gasteiger partial charge is 0.333 e. The standard InChI is InChI=1S/C29H27ClN6O3/c1-18-23(12-20(30)13-32-18)28(37)34-21-8-6-19(7-9-21)16-35-25-4-2-3-5-26(25)36(29(35)38)22-10-11-24(33-14-22)27-15-31-17-39-27/h2-5,10-15,17,19,21H,6-9,16H2,1H3,(H,34,37). The first-order valence-electron chi connectivity index (χ1n) is 13.0. The van der Waals surface area contributed by atoms with Gasteiger partial charge in [0.05, 0.1) is 45.4 Å². The number of para-hydroxylation sites is 2. The number of amides is 1. The van der Waals surface area contributed by atoms with Crippen LogP contribution >= 0.6 is 11.6 Å². The van der Waals surface area contributed by atoms with Crippen molar-refractivity contribution >= 4 is 28.5 Å². The van der Waals surface area contributed by atoms with Gasteiger partial charge in [-0.2, -0.15) is 0 Å². The van der Waals surface area contributed by atoms with E-state index in [0.717, 1.165) is 36.7 Å². The molecular weight excluding hydrogens is 516 g/mol. The minimum Gasteiger partial charge on any atom is -0.442 e. The maximum atomic E-state index is 13.7. The molecule has 5 aromatic rings. The lowest BCUT2D eigenvalue weighted by atomic mass is 9.85. The number of hydrogen-bond acceptors (Lipinski definition) is 6. The highest BCUT2D eigenvalue weighted by molar-refractivity contribution is 6.30. The number of aryl methyl sites for hydroxylation is 1. The summed E-state index contributed by atoms with van der Waals surface area (Å²) in [5, 5.41) is 3.59. The second-order valence-electron chi connectivity index (χ2n) is 9.96. The van der Waals surface area contributed by atoms with Gasteiger partial charge >= 0.3 is 5.69 Å². The van der Waals surface area contributed by atoms with Crippen molar-refractivity contribution in [1.82, 2.24) is 29.4 Å². The van der Waals surface area contributed by atoms with Crippen molar-refractivity contribution in [1.29, 1.82) is 0 Å². The highest BCUT2D eigenvalue weighted by atomic mass is 35.5. The Bertz CT molecular complexity index is 1680. The molecule has 9 nitrogen and oxygen atoms in total. The lowest BCUT2D eigenvalue weighted by Crippen LogP contribution is -2.39. The number of pyridine rings is 2. The fourth-order valence-electron chi connectivity index (χ4n) is 5.39. The van der Waals surface area contributed by atoms with E-state index >= 15 is 0 Å². The van der Waals surface area contributed by atoms with Gasteiger partial charge in [-0.3, -0.25) is 23.9 Å². The minimum absolute atomic E-state index is 0.0825. The van der Waals surface area contributed by atoms with Gasteiger partial charge in [0, 0.05) is 18.8 Å². The molecule has 1 saturated carbocycles. The number of carbonyl (C=O) groups excluding carboxylic acids is 1. The molecule has 1 N–H and O–H groups in total. The zero-order valence-electron chi connectivity index (χ0n) is 21.4. The van der Waals surface area contributed by atoms with E-state index in [-0.39, 0.29) is 17.6 Å². The van der Waals surface area contributed by atoms with Crippen LogP contribution in [0.2, 0.25) is 5.02 Å². The molecule has 0 unspecified atom stereocenters. The lowest BCUT2D eigenvalue weighted by molar-refractivity contribution is 0.0919.